The van der Waals surface area contributed by atoms with E-state index >= 15 is 0 Å². The minimum atomic E-state index is -0.0860. The van der Waals surface area contributed by atoms with E-state index in [0.717, 1.165) is 30.6 Å². The summed E-state index contributed by atoms with van der Waals surface area (Å²) in [4.78, 5) is 30.7. The Morgan fingerprint density at radius 3 is 2.52 bits per heavy atom. The van der Waals surface area contributed by atoms with Gasteiger partial charge < -0.3 is 5.32 Å². The van der Waals surface area contributed by atoms with E-state index in [1.807, 2.05) is 12.1 Å². The molecular weight excluding hydrogens is 266 g/mol. The van der Waals surface area contributed by atoms with Crippen LogP contribution in [0.1, 0.15) is 31.7 Å². The van der Waals surface area contributed by atoms with Gasteiger partial charge in [0, 0.05) is 18.8 Å². The molecule has 112 valence electrons. The number of nitrogens with one attached hydrogen (secondary N) is 1. The lowest BCUT2D eigenvalue weighted by Crippen LogP contribution is -2.32. The third kappa shape index (κ3) is 2.30. The van der Waals surface area contributed by atoms with Gasteiger partial charge in [0.05, 0.1) is 18.4 Å². The quantitative estimate of drug-likeness (QED) is 0.861. The predicted molar refractivity (Wildman–Crippen MR) is 79.3 cm³/mol. The molecule has 2 aliphatic rings. The largest absolute Gasteiger partial charge is 0.373 e. The highest BCUT2D eigenvalue weighted by Crippen LogP contribution is 2.44. The molecule has 3 rings (SSSR count). The lowest BCUT2D eigenvalue weighted by Gasteiger charge is -2.18. The van der Waals surface area contributed by atoms with Crippen molar-refractivity contribution < 1.29 is 9.59 Å². The van der Waals surface area contributed by atoms with Crippen molar-refractivity contribution in [3.05, 3.63) is 23.9 Å². The third-order valence-corrected chi connectivity index (χ3v) is 4.86. The van der Waals surface area contributed by atoms with Gasteiger partial charge in [0.25, 0.3) is 0 Å². The highest BCUT2D eigenvalue weighted by Gasteiger charge is 2.52. The van der Waals surface area contributed by atoms with E-state index in [2.05, 4.69) is 17.2 Å². The zero-order valence-corrected chi connectivity index (χ0v) is 12.5. The van der Waals surface area contributed by atoms with Crippen molar-refractivity contribution >= 4 is 17.6 Å². The number of aromatic nitrogens is 1. The summed E-state index contributed by atoms with van der Waals surface area (Å²) in [5.41, 5.74) is 0.883. The molecule has 1 aliphatic heterocycles. The molecule has 0 aromatic carbocycles. The van der Waals surface area contributed by atoms with Gasteiger partial charge in [-0.1, -0.05) is 19.4 Å². The first kappa shape index (κ1) is 14.0. The molecule has 1 aliphatic carbocycles. The number of nitrogens with zero attached hydrogens (tertiary/aromatic N) is 2. The molecule has 1 aromatic rings. The number of imide groups is 1. The fraction of sp³-hybridized carbons (Fsp3) is 0.562. The highest BCUT2D eigenvalue weighted by molar-refractivity contribution is 6.05. The fourth-order valence-corrected chi connectivity index (χ4v) is 3.65. The Hall–Kier alpha value is -1.91. The normalized spacial score (nSPS) is 28.1. The second-order valence-electron chi connectivity index (χ2n) is 5.98. The molecular formula is C16H21N3O2. The Bertz CT molecular complexity index is 548. The predicted octanol–water partition coefficient (Wildman–Crippen LogP) is 2.04. The molecule has 0 bridgehead atoms. The first-order valence-corrected chi connectivity index (χ1v) is 7.62. The molecule has 1 aromatic heterocycles. The summed E-state index contributed by atoms with van der Waals surface area (Å²) in [6.45, 7) is 2.46. The second-order valence-corrected chi connectivity index (χ2v) is 5.98. The molecule has 2 unspecified atom stereocenters. The molecule has 0 spiro atoms. The van der Waals surface area contributed by atoms with Crippen LogP contribution < -0.4 is 5.32 Å². The summed E-state index contributed by atoms with van der Waals surface area (Å²) >= 11 is 0. The van der Waals surface area contributed by atoms with Crippen molar-refractivity contribution in [3.63, 3.8) is 0 Å². The number of hydrogen-bond donors (Lipinski definition) is 1. The van der Waals surface area contributed by atoms with Crippen LogP contribution in [-0.2, 0) is 16.1 Å². The van der Waals surface area contributed by atoms with Crippen molar-refractivity contribution in [2.75, 3.05) is 12.4 Å². The van der Waals surface area contributed by atoms with Crippen LogP contribution in [0.2, 0.25) is 0 Å². The summed E-state index contributed by atoms with van der Waals surface area (Å²) in [6, 6.07) is 3.73. The van der Waals surface area contributed by atoms with Crippen LogP contribution in [0, 0.1) is 17.8 Å². The van der Waals surface area contributed by atoms with Crippen LogP contribution in [0.25, 0.3) is 0 Å². The van der Waals surface area contributed by atoms with Crippen LogP contribution >= 0.6 is 0 Å². The number of carbonyl (C=O) groups is 2. The SMILES string of the molecule is CCC1CC2C(=O)N(Cc3cccnc3NC)C(=O)C2C1. The Morgan fingerprint density at radius 2 is 1.95 bits per heavy atom. The summed E-state index contributed by atoms with van der Waals surface area (Å²) in [5.74, 6) is 1.09. The van der Waals surface area contributed by atoms with Crippen molar-refractivity contribution in [1.29, 1.82) is 0 Å². The van der Waals surface area contributed by atoms with Gasteiger partial charge in [0.1, 0.15) is 5.82 Å². The zero-order chi connectivity index (χ0) is 15.0. The van der Waals surface area contributed by atoms with Gasteiger partial charge >= 0.3 is 0 Å². The summed E-state index contributed by atoms with van der Waals surface area (Å²) in [7, 11) is 1.79. The van der Waals surface area contributed by atoms with E-state index in [0.29, 0.717) is 12.5 Å². The van der Waals surface area contributed by atoms with Crippen LogP contribution in [0.15, 0.2) is 18.3 Å². The van der Waals surface area contributed by atoms with Crippen molar-refractivity contribution in [3.8, 4) is 0 Å². The third-order valence-electron chi connectivity index (χ3n) is 4.86. The Labute approximate surface area is 124 Å². The van der Waals surface area contributed by atoms with Gasteiger partial charge in [0.15, 0.2) is 0 Å². The van der Waals surface area contributed by atoms with Crippen molar-refractivity contribution in [2.45, 2.75) is 32.7 Å². The lowest BCUT2D eigenvalue weighted by atomic mass is 10.00. The maximum absolute atomic E-state index is 12.5. The number of pyridine rings is 1. The molecule has 5 nitrogen and oxygen atoms in total. The standard InChI is InChI=1S/C16H21N3O2/c1-3-10-7-12-13(8-10)16(21)19(15(12)20)9-11-5-4-6-18-14(11)17-2/h4-6,10,12-13H,3,7-9H2,1-2H3,(H,17,18). The van der Waals surface area contributed by atoms with Gasteiger partial charge in [-0.05, 0) is 24.8 Å². The molecule has 2 amide bonds. The number of carbonyl (C=O) groups excluding carboxylic acids is 2. The molecule has 5 heteroatoms. The summed E-state index contributed by atoms with van der Waals surface area (Å²) in [5, 5.41) is 3.01. The van der Waals surface area contributed by atoms with Crippen molar-refractivity contribution in [1.82, 2.24) is 9.88 Å². The molecule has 0 radical (unpaired) electrons. The van der Waals surface area contributed by atoms with Gasteiger partial charge in [0.2, 0.25) is 11.8 Å². The summed E-state index contributed by atoms with van der Waals surface area (Å²) in [6.07, 6.45) is 4.49. The van der Waals surface area contributed by atoms with Crippen molar-refractivity contribution in [2.24, 2.45) is 17.8 Å². The topological polar surface area (TPSA) is 62.3 Å². The Balaban J connectivity index is 1.79. The first-order valence-electron chi connectivity index (χ1n) is 7.62. The Morgan fingerprint density at radius 1 is 1.29 bits per heavy atom. The molecule has 2 heterocycles. The Kier molecular flexibility index (Phi) is 3.66. The number of likely N-dealkylation sites (tertiary alicyclic amines) is 1. The van der Waals surface area contributed by atoms with E-state index in [9.17, 15) is 9.59 Å². The molecule has 2 atom stereocenters. The second kappa shape index (κ2) is 5.47. The van der Waals surface area contributed by atoms with Gasteiger partial charge in [-0.2, -0.15) is 0 Å². The summed E-state index contributed by atoms with van der Waals surface area (Å²) < 4.78 is 0. The number of anilines is 1. The van der Waals surface area contributed by atoms with E-state index in [1.165, 1.54) is 4.90 Å². The zero-order valence-electron chi connectivity index (χ0n) is 12.5. The number of hydrogen-bond acceptors (Lipinski definition) is 4. The monoisotopic (exact) mass is 287 g/mol. The molecule has 1 saturated carbocycles. The number of fused-ring (bicyclic) bond motifs is 1. The molecule has 21 heavy (non-hydrogen) atoms. The van der Waals surface area contributed by atoms with Crippen LogP contribution in [0.5, 0.6) is 0 Å². The van der Waals surface area contributed by atoms with Gasteiger partial charge in [-0.3, -0.25) is 14.5 Å². The van der Waals surface area contributed by atoms with Gasteiger partial charge in [-0.15, -0.1) is 0 Å². The van der Waals surface area contributed by atoms with E-state index in [1.54, 1.807) is 13.2 Å². The van der Waals surface area contributed by atoms with E-state index < -0.39 is 0 Å². The van der Waals surface area contributed by atoms with E-state index in [4.69, 9.17) is 0 Å². The molecule has 1 N–H and O–H groups in total. The van der Waals surface area contributed by atoms with Gasteiger partial charge in [-0.25, -0.2) is 4.98 Å². The van der Waals surface area contributed by atoms with Crippen LogP contribution in [0.4, 0.5) is 5.82 Å². The molecule has 1 saturated heterocycles. The van der Waals surface area contributed by atoms with Crippen LogP contribution in [-0.4, -0.2) is 28.7 Å². The number of rotatable bonds is 4. The van der Waals surface area contributed by atoms with E-state index in [-0.39, 0.29) is 23.7 Å². The minimum Gasteiger partial charge on any atom is -0.373 e. The number of amides is 2. The maximum Gasteiger partial charge on any atom is 0.233 e. The average Bonchev–Trinajstić information content (AvgIpc) is 3.03. The maximum atomic E-state index is 12.5. The first-order chi connectivity index (χ1) is 10.2. The molecule has 2 fully saturated rings. The lowest BCUT2D eigenvalue weighted by molar-refractivity contribution is -0.141. The fourth-order valence-electron chi connectivity index (χ4n) is 3.65. The van der Waals surface area contributed by atoms with Crippen LogP contribution in [0.3, 0.4) is 0 Å². The minimum absolute atomic E-state index is 0.00635. The highest BCUT2D eigenvalue weighted by atomic mass is 16.2. The average molecular weight is 287 g/mol. The smallest absolute Gasteiger partial charge is 0.233 e.